The van der Waals surface area contributed by atoms with E-state index >= 15 is 0 Å². The molecule has 5 heteroatoms. The molecule has 1 heterocycles. The van der Waals surface area contributed by atoms with E-state index in [-0.39, 0.29) is 0 Å². The lowest BCUT2D eigenvalue weighted by molar-refractivity contribution is 0.425. The molecule has 2 rings (SSSR count). The molecule has 2 aromatic rings. The van der Waals surface area contributed by atoms with Crippen LogP contribution in [0.5, 0.6) is 0 Å². The van der Waals surface area contributed by atoms with Crippen LogP contribution in [-0.4, -0.2) is 43.3 Å². The van der Waals surface area contributed by atoms with Crippen LogP contribution >= 0.6 is 11.8 Å². The Bertz CT molecular complexity index is 646. The van der Waals surface area contributed by atoms with Crippen molar-refractivity contribution in [2.24, 2.45) is 0 Å². The fourth-order valence-corrected chi connectivity index (χ4v) is 2.57. The van der Waals surface area contributed by atoms with E-state index in [4.69, 9.17) is 0 Å². The monoisotopic (exact) mass is 286 g/mol. The smallest absolute Gasteiger partial charge is 0.116 e. The Labute approximate surface area is 123 Å². The van der Waals surface area contributed by atoms with Crippen molar-refractivity contribution in [1.29, 1.82) is 5.26 Å². The van der Waals surface area contributed by atoms with Crippen molar-refractivity contribution < 1.29 is 0 Å². The highest BCUT2D eigenvalue weighted by Crippen LogP contribution is 2.31. The zero-order chi connectivity index (χ0) is 14.5. The quantitative estimate of drug-likeness (QED) is 0.857. The van der Waals surface area contributed by atoms with Crippen molar-refractivity contribution in [3.05, 3.63) is 29.8 Å². The van der Waals surface area contributed by atoms with Crippen molar-refractivity contribution in [2.75, 3.05) is 38.8 Å². The summed E-state index contributed by atoms with van der Waals surface area (Å²) in [6.07, 6.45) is 1.95. The van der Waals surface area contributed by atoms with Crippen LogP contribution < -0.4 is 5.32 Å². The number of benzene rings is 1. The molecular weight excluding hydrogens is 268 g/mol. The Morgan fingerprint density at radius 1 is 1.35 bits per heavy atom. The fraction of sp³-hybridized carbons (Fsp3) is 0.333. The third-order valence-corrected chi connectivity index (χ3v) is 3.71. The lowest BCUT2D eigenvalue weighted by Gasteiger charge is -2.15. The number of pyridine rings is 1. The average molecular weight is 286 g/mol. The number of para-hydroxylation sites is 1. The normalized spacial score (nSPS) is 10.8. The number of rotatable bonds is 5. The van der Waals surface area contributed by atoms with Crippen molar-refractivity contribution in [3.8, 4) is 6.07 Å². The molecule has 0 aliphatic rings. The first-order chi connectivity index (χ1) is 9.67. The Kier molecular flexibility index (Phi) is 4.83. The highest BCUT2D eigenvalue weighted by Gasteiger charge is 2.13. The van der Waals surface area contributed by atoms with E-state index in [1.165, 1.54) is 11.8 Å². The Morgan fingerprint density at radius 3 is 2.75 bits per heavy atom. The Balaban J connectivity index is 2.50. The predicted molar refractivity (Wildman–Crippen MR) is 85.3 cm³/mol. The lowest BCUT2D eigenvalue weighted by Crippen LogP contribution is -2.21. The maximum atomic E-state index is 9.44. The number of nitriles is 1. The topological polar surface area (TPSA) is 52.0 Å². The highest BCUT2D eigenvalue weighted by molar-refractivity contribution is 7.98. The van der Waals surface area contributed by atoms with Gasteiger partial charge in [0.1, 0.15) is 16.7 Å². The van der Waals surface area contributed by atoms with Crippen molar-refractivity contribution >= 4 is 28.4 Å². The van der Waals surface area contributed by atoms with Gasteiger partial charge in [0.25, 0.3) is 0 Å². The third kappa shape index (κ3) is 3.03. The number of hydrogen-bond acceptors (Lipinski definition) is 5. The molecule has 0 fully saturated rings. The maximum absolute atomic E-state index is 9.44. The molecule has 0 saturated heterocycles. The van der Waals surface area contributed by atoms with Gasteiger partial charge < -0.3 is 10.2 Å². The summed E-state index contributed by atoms with van der Waals surface area (Å²) in [6.45, 7) is 1.71. The molecule has 104 valence electrons. The maximum Gasteiger partial charge on any atom is 0.116 e. The van der Waals surface area contributed by atoms with Gasteiger partial charge in [-0.05, 0) is 26.4 Å². The second-order valence-electron chi connectivity index (χ2n) is 4.73. The number of aromatic nitrogens is 1. The lowest BCUT2D eigenvalue weighted by atomic mass is 10.1. The fourth-order valence-electron chi connectivity index (χ4n) is 2.03. The van der Waals surface area contributed by atoms with Gasteiger partial charge in [-0.3, -0.25) is 0 Å². The van der Waals surface area contributed by atoms with E-state index in [1.807, 2.05) is 44.6 Å². The van der Waals surface area contributed by atoms with Crippen molar-refractivity contribution in [3.63, 3.8) is 0 Å². The average Bonchev–Trinajstić information content (AvgIpc) is 2.46. The van der Waals surface area contributed by atoms with Crippen LogP contribution in [0, 0.1) is 11.3 Å². The Hall–Kier alpha value is -1.77. The summed E-state index contributed by atoms with van der Waals surface area (Å²) in [5, 5.41) is 14.6. The van der Waals surface area contributed by atoms with Gasteiger partial charge in [0, 0.05) is 18.5 Å². The van der Waals surface area contributed by atoms with Crippen molar-refractivity contribution in [2.45, 2.75) is 5.03 Å². The van der Waals surface area contributed by atoms with Gasteiger partial charge in [-0.15, -0.1) is 11.8 Å². The summed E-state index contributed by atoms with van der Waals surface area (Å²) >= 11 is 1.50. The summed E-state index contributed by atoms with van der Waals surface area (Å²) in [6, 6.07) is 10.2. The van der Waals surface area contributed by atoms with Crippen molar-refractivity contribution in [1.82, 2.24) is 9.88 Å². The van der Waals surface area contributed by atoms with E-state index in [0.29, 0.717) is 5.56 Å². The molecule has 0 saturated carbocycles. The van der Waals surface area contributed by atoms with Crippen LogP contribution in [0.15, 0.2) is 29.3 Å². The molecule has 0 amide bonds. The molecule has 1 aromatic carbocycles. The summed E-state index contributed by atoms with van der Waals surface area (Å²) < 4.78 is 0. The first kappa shape index (κ1) is 14.6. The van der Waals surface area contributed by atoms with Crippen LogP contribution in [0.3, 0.4) is 0 Å². The number of anilines is 1. The van der Waals surface area contributed by atoms with Gasteiger partial charge in [0.2, 0.25) is 0 Å². The summed E-state index contributed by atoms with van der Waals surface area (Å²) in [5.41, 5.74) is 2.45. The van der Waals surface area contributed by atoms with E-state index in [0.717, 1.165) is 34.7 Å². The third-order valence-electron chi connectivity index (χ3n) is 3.03. The summed E-state index contributed by atoms with van der Waals surface area (Å²) in [5.74, 6) is 0. The van der Waals surface area contributed by atoms with Crippen LogP contribution in [-0.2, 0) is 0 Å². The predicted octanol–water partition coefficient (Wildman–Crippen LogP) is 2.80. The minimum absolute atomic E-state index is 0.634. The molecular formula is C15H18N4S. The van der Waals surface area contributed by atoms with Gasteiger partial charge in [0.05, 0.1) is 11.2 Å². The van der Waals surface area contributed by atoms with Crippen LogP contribution in [0.4, 0.5) is 5.69 Å². The molecule has 0 unspecified atom stereocenters. The standard InChI is InChI=1S/C15H18N4S/c1-19(2)9-8-17-14-11-6-4-5-7-13(11)18-15(20-3)12(14)10-16/h4-7H,8-9H2,1-3H3,(H,17,18). The molecule has 0 atom stereocenters. The minimum atomic E-state index is 0.634. The zero-order valence-electron chi connectivity index (χ0n) is 12.0. The Morgan fingerprint density at radius 2 is 2.10 bits per heavy atom. The highest BCUT2D eigenvalue weighted by atomic mass is 32.2. The molecule has 0 spiro atoms. The number of hydrogen-bond donors (Lipinski definition) is 1. The van der Waals surface area contributed by atoms with Crippen LogP contribution in [0.25, 0.3) is 10.9 Å². The molecule has 0 radical (unpaired) electrons. The van der Waals surface area contributed by atoms with E-state index in [9.17, 15) is 5.26 Å². The second-order valence-corrected chi connectivity index (χ2v) is 5.53. The summed E-state index contributed by atoms with van der Waals surface area (Å²) in [7, 11) is 4.07. The number of likely N-dealkylation sites (N-methyl/N-ethyl adjacent to an activating group) is 1. The van der Waals surface area contributed by atoms with Gasteiger partial charge in [-0.2, -0.15) is 5.26 Å². The van der Waals surface area contributed by atoms with Gasteiger partial charge in [0.15, 0.2) is 0 Å². The molecule has 0 bridgehead atoms. The van der Waals surface area contributed by atoms with Crippen LogP contribution in [0.1, 0.15) is 5.56 Å². The number of nitrogens with one attached hydrogen (secondary N) is 1. The first-order valence-electron chi connectivity index (χ1n) is 6.42. The molecule has 1 aromatic heterocycles. The molecule has 1 N–H and O–H groups in total. The number of nitrogens with zero attached hydrogens (tertiary/aromatic N) is 3. The molecule has 20 heavy (non-hydrogen) atoms. The minimum Gasteiger partial charge on any atom is -0.382 e. The largest absolute Gasteiger partial charge is 0.382 e. The molecule has 4 nitrogen and oxygen atoms in total. The van der Waals surface area contributed by atoms with Crippen LogP contribution in [0.2, 0.25) is 0 Å². The number of fused-ring (bicyclic) bond motifs is 1. The molecule has 0 aliphatic heterocycles. The van der Waals surface area contributed by atoms with Gasteiger partial charge in [-0.1, -0.05) is 18.2 Å². The summed E-state index contributed by atoms with van der Waals surface area (Å²) in [4.78, 5) is 6.67. The first-order valence-corrected chi connectivity index (χ1v) is 7.65. The zero-order valence-corrected chi connectivity index (χ0v) is 12.8. The van der Waals surface area contributed by atoms with Gasteiger partial charge >= 0.3 is 0 Å². The van der Waals surface area contributed by atoms with E-state index in [1.54, 1.807) is 0 Å². The number of thioether (sulfide) groups is 1. The SMILES string of the molecule is CSc1nc2ccccc2c(NCCN(C)C)c1C#N. The van der Waals surface area contributed by atoms with E-state index in [2.05, 4.69) is 21.3 Å². The molecule has 0 aliphatic carbocycles. The second kappa shape index (κ2) is 6.60. The van der Waals surface area contributed by atoms with Gasteiger partial charge in [-0.25, -0.2) is 4.98 Å². The van der Waals surface area contributed by atoms with E-state index < -0.39 is 0 Å².